The molecule has 0 aliphatic carbocycles. The maximum absolute atomic E-state index is 12.7. The molecule has 9 nitrogen and oxygen atoms in total. The van der Waals surface area contributed by atoms with E-state index in [1.54, 1.807) is 18.2 Å². The van der Waals surface area contributed by atoms with Gasteiger partial charge in [-0.25, -0.2) is 14.3 Å². The smallest absolute Gasteiger partial charge is 0.442 e. The van der Waals surface area contributed by atoms with Gasteiger partial charge in [-0.2, -0.15) is 0 Å². The molecule has 0 saturated heterocycles. The monoisotopic (exact) mass is 466 g/mol. The van der Waals surface area contributed by atoms with Crippen molar-refractivity contribution >= 4 is 22.4 Å². The van der Waals surface area contributed by atoms with E-state index >= 15 is 0 Å². The predicted octanol–water partition coefficient (Wildman–Crippen LogP) is 3.90. The summed E-state index contributed by atoms with van der Waals surface area (Å²) < 4.78 is 16.5. The summed E-state index contributed by atoms with van der Waals surface area (Å²) in [5.74, 6) is 0.0156. The Hall–Kier alpha value is -3.92. The minimum absolute atomic E-state index is 0.200. The molecule has 0 aliphatic heterocycles. The van der Waals surface area contributed by atoms with Gasteiger partial charge in [-0.05, 0) is 49.2 Å². The first kappa shape index (κ1) is 22.3. The summed E-state index contributed by atoms with van der Waals surface area (Å²) in [6.07, 6.45) is 0. The fraction of sp³-hybridized carbons (Fsp3) is 0.217. The molecule has 0 aliphatic rings. The van der Waals surface area contributed by atoms with E-state index in [9.17, 15) is 9.59 Å². The Balaban J connectivity index is 1.52. The summed E-state index contributed by atoms with van der Waals surface area (Å²) >= 11 is 1.31. The predicted molar refractivity (Wildman–Crippen MR) is 125 cm³/mol. The zero-order chi connectivity index (χ0) is 23.5. The first-order chi connectivity index (χ1) is 15.9. The Morgan fingerprint density at radius 3 is 2.55 bits per heavy atom. The molecule has 1 amide bonds. The average molecular weight is 467 g/mol. The topological polar surface area (TPSA) is 108 Å². The van der Waals surface area contributed by atoms with Gasteiger partial charge in [0.15, 0.2) is 22.5 Å². The van der Waals surface area contributed by atoms with Crippen LogP contribution in [0.25, 0.3) is 22.6 Å². The van der Waals surface area contributed by atoms with Crippen molar-refractivity contribution in [1.29, 1.82) is 0 Å². The summed E-state index contributed by atoms with van der Waals surface area (Å²) in [6.45, 7) is 3.81. The third-order valence-electron chi connectivity index (χ3n) is 5.18. The van der Waals surface area contributed by atoms with Crippen LogP contribution in [0.2, 0.25) is 0 Å². The number of carbonyl (C=O) groups is 1. The molecule has 2 aromatic heterocycles. The Kier molecular flexibility index (Phi) is 6.27. The highest BCUT2D eigenvalue weighted by Crippen LogP contribution is 2.31. The molecule has 0 fully saturated rings. The zero-order valence-corrected chi connectivity index (χ0v) is 19.4. The number of benzene rings is 2. The second-order valence-electron chi connectivity index (χ2n) is 7.31. The van der Waals surface area contributed by atoms with Gasteiger partial charge in [0.25, 0.3) is 0 Å². The van der Waals surface area contributed by atoms with Crippen molar-refractivity contribution in [2.24, 2.45) is 0 Å². The highest BCUT2D eigenvalue weighted by Gasteiger charge is 2.18. The van der Waals surface area contributed by atoms with Crippen LogP contribution in [0.1, 0.15) is 11.1 Å². The number of aryl methyl sites for hydroxylation is 2. The Bertz CT molecular complexity index is 1370. The molecule has 33 heavy (non-hydrogen) atoms. The van der Waals surface area contributed by atoms with Gasteiger partial charge in [0.05, 0.1) is 19.9 Å². The van der Waals surface area contributed by atoms with Crippen LogP contribution >= 0.6 is 11.3 Å². The summed E-state index contributed by atoms with van der Waals surface area (Å²) in [4.78, 5) is 29.4. The van der Waals surface area contributed by atoms with Crippen molar-refractivity contribution in [1.82, 2.24) is 14.7 Å². The van der Waals surface area contributed by atoms with Gasteiger partial charge in [-0.3, -0.25) is 9.32 Å². The largest absolute Gasteiger partial charge is 0.493 e. The molecule has 0 unspecified atom stereocenters. The van der Waals surface area contributed by atoms with Gasteiger partial charge < -0.3 is 14.8 Å². The number of amides is 1. The molecule has 170 valence electrons. The average Bonchev–Trinajstić information content (AvgIpc) is 3.42. The minimum atomic E-state index is -0.745. The second-order valence-corrected chi connectivity index (χ2v) is 8.17. The fourth-order valence-corrected chi connectivity index (χ4v) is 3.99. The lowest BCUT2D eigenvalue weighted by atomic mass is 10.1. The maximum Gasteiger partial charge on any atom is 0.442 e. The molecular formula is C23H22N4O5S. The van der Waals surface area contributed by atoms with Crippen LogP contribution in [0.3, 0.4) is 0 Å². The summed E-state index contributed by atoms with van der Waals surface area (Å²) in [5.41, 5.74) is 4.65. The third kappa shape index (κ3) is 4.65. The Morgan fingerprint density at radius 1 is 1.06 bits per heavy atom. The fourth-order valence-electron chi connectivity index (χ4n) is 3.26. The molecule has 4 aromatic rings. The molecule has 0 atom stereocenters. The SMILES string of the molecule is COc1ccc(-c2noc(=O)n2CC(=O)Nc2nc(-c3ccc(C)c(C)c3)cs2)cc1OC. The Morgan fingerprint density at radius 2 is 1.82 bits per heavy atom. The van der Waals surface area contributed by atoms with E-state index in [1.807, 2.05) is 24.4 Å². The maximum atomic E-state index is 12.7. The number of rotatable bonds is 7. The van der Waals surface area contributed by atoms with Gasteiger partial charge >= 0.3 is 5.76 Å². The number of methoxy groups -OCH3 is 2. The molecule has 0 spiro atoms. The molecule has 0 radical (unpaired) electrons. The van der Waals surface area contributed by atoms with Crippen molar-refractivity contribution in [2.75, 3.05) is 19.5 Å². The quantitative estimate of drug-likeness (QED) is 0.440. The molecule has 0 saturated carbocycles. The number of aromatic nitrogens is 3. The number of ether oxygens (including phenoxy) is 2. The number of nitrogens with one attached hydrogen (secondary N) is 1. The third-order valence-corrected chi connectivity index (χ3v) is 5.94. The summed E-state index contributed by atoms with van der Waals surface area (Å²) in [5, 5.41) is 8.87. The van der Waals surface area contributed by atoms with E-state index in [2.05, 4.69) is 28.4 Å². The second kappa shape index (κ2) is 9.29. The van der Waals surface area contributed by atoms with Gasteiger partial charge in [-0.1, -0.05) is 17.3 Å². The molecule has 10 heteroatoms. The lowest BCUT2D eigenvalue weighted by molar-refractivity contribution is -0.116. The van der Waals surface area contributed by atoms with Crippen molar-refractivity contribution in [3.8, 4) is 34.1 Å². The Labute approximate surface area is 193 Å². The van der Waals surface area contributed by atoms with Gasteiger partial charge in [0.2, 0.25) is 5.91 Å². The van der Waals surface area contributed by atoms with Crippen molar-refractivity contribution < 1.29 is 18.8 Å². The minimum Gasteiger partial charge on any atom is -0.493 e. The van der Waals surface area contributed by atoms with E-state index in [4.69, 9.17) is 14.0 Å². The van der Waals surface area contributed by atoms with Crippen LogP contribution in [0.15, 0.2) is 51.1 Å². The highest BCUT2D eigenvalue weighted by atomic mass is 32.1. The number of anilines is 1. The van der Waals surface area contributed by atoms with Crippen LogP contribution in [0, 0.1) is 13.8 Å². The van der Waals surface area contributed by atoms with Gasteiger partial charge in [0, 0.05) is 16.5 Å². The first-order valence-electron chi connectivity index (χ1n) is 10.0. The number of hydrogen-bond donors (Lipinski definition) is 1. The molecule has 1 N–H and O–H groups in total. The molecule has 2 heterocycles. The van der Waals surface area contributed by atoms with Crippen LogP contribution in [-0.2, 0) is 11.3 Å². The van der Waals surface area contributed by atoms with E-state index in [1.165, 1.54) is 36.7 Å². The lowest BCUT2D eigenvalue weighted by Crippen LogP contribution is -2.25. The molecule has 2 aromatic carbocycles. The van der Waals surface area contributed by atoms with Crippen molar-refractivity contribution in [2.45, 2.75) is 20.4 Å². The van der Waals surface area contributed by atoms with Crippen LogP contribution < -0.4 is 20.5 Å². The van der Waals surface area contributed by atoms with E-state index in [0.717, 1.165) is 15.8 Å². The van der Waals surface area contributed by atoms with Gasteiger partial charge in [-0.15, -0.1) is 11.3 Å². The molecule has 4 rings (SSSR count). The lowest BCUT2D eigenvalue weighted by Gasteiger charge is -2.09. The molecular weight excluding hydrogens is 444 g/mol. The number of nitrogens with zero attached hydrogens (tertiary/aromatic N) is 3. The van der Waals surface area contributed by atoms with Crippen LogP contribution in [0.5, 0.6) is 11.5 Å². The van der Waals surface area contributed by atoms with Crippen molar-refractivity contribution in [3.63, 3.8) is 0 Å². The van der Waals surface area contributed by atoms with Crippen LogP contribution in [0.4, 0.5) is 5.13 Å². The highest BCUT2D eigenvalue weighted by molar-refractivity contribution is 7.14. The van der Waals surface area contributed by atoms with E-state index < -0.39 is 11.7 Å². The first-order valence-corrected chi connectivity index (χ1v) is 10.9. The van der Waals surface area contributed by atoms with Crippen molar-refractivity contribution in [3.05, 3.63) is 63.5 Å². The number of carbonyl (C=O) groups excluding carboxylic acids is 1. The van der Waals surface area contributed by atoms with E-state index in [0.29, 0.717) is 22.2 Å². The van der Waals surface area contributed by atoms with Crippen LogP contribution in [-0.4, -0.2) is 34.8 Å². The number of thiazole rings is 1. The standard InChI is InChI=1S/C23H22N4O5S/c1-13-5-6-15(9-14(13)2)17-12-33-22(24-17)25-20(28)11-27-21(26-32-23(27)29)16-7-8-18(30-3)19(10-16)31-4/h5-10,12H,11H2,1-4H3,(H,24,25,28). The summed E-state index contributed by atoms with van der Waals surface area (Å²) in [6, 6.07) is 11.1. The van der Waals surface area contributed by atoms with Gasteiger partial charge in [0.1, 0.15) is 6.54 Å². The van der Waals surface area contributed by atoms with E-state index in [-0.39, 0.29) is 12.4 Å². The normalized spacial score (nSPS) is 10.8. The molecule has 0 bridgehead atoms. The summed E-state index contributed by atoms with van der Waals surface area (Å²) in [7, 11) is 3.03. The number of hydrogen-bond acceptors (Lipinski definition) is 8. The zero-order valence-electron chi connectivity index (χ0n) is 18.5.